The van der Waals surface area contributed by atoms with E-state index in [0.717, 1.165) is 32.4 Å². The number of nitrogens with one attached hydrogen (secondary N) is 1. The second-order valence-electron chi connectivity index (χ2n) is 6.25. The van der Waals surface area contributed by atoms with Crippen molar-refractivity contribution in [3.8, 4) is 0 Å². The van der Waals surface area contributed by atoms with Crippen molar-refractivity contribution in [1.82, 2.24) is 10.2 Å². The molecule has 1 unspecified atom stereocenters. The van der Waals surface area contributed by atoms with Crippen LogP contribution in [0.3, 0.4) is 0 Å². The maximum absolute atomic E-state index is 10.9. The fraction of sp³-hybridized carbons (Fsp3) is 0.929. The number of ether oxygens (including phenoxy) is 1. The Hall–Kier alpha value is -0.650. The number of primary amides is 1. The summed E-state index contributed by atoms with van der Waals surface area (Å²) in [6.45, 7) is 8.71. The van der Waals surface area contributed by atoms with Crippen LogP contribution in [0.1, 0.15) is 40.0 Å². The van der Waals surface area contributed by atoms with E-state index in [0.29, 0.717) is 18.6 Å². The fourth-order valence-corrected chi connectivity index (χ4v) is 2.76. The van der Waals surface area contributed by atoms with Crippen molar-refractivity contribution in [3.63, 3.8) is 0 Å². The lowest BCUT2D eigenvalue weighted by Crippen LogP contribution is -2.48. The number of piperidine rings is 1. The molecule has 1 fully saturated rings. The van der Waals surface area contributed by atoms with Gasteiger partial charge in [-0.2, -0.15) is 0 Å². The van der Waals surface area contributed by atoms with Crippen molar-refractivity contribution in [2.75, 3.05) is 26.7 Å². The second-order valence-corrected chi connectivity index (χ2v) is 6.25. The number of methoxy groups -OCH3 is 1. The number of nitrogens with zero attached hydrogens (tertiary/aromatic N) is 1. The topological polar surface area (TPSA) is 67.6 Å². The zero-order valence-corrected chi connectivity index (χ0v) is 12.7. The summed E-state index contributed by atoms with van der Waals surface area (Å²) in [7, 11) is 1.76. The summed E-state index contributed by atoms with van der Waals surface area (Å²) >= 11 is 0. The van der Waals surface area contributed by atoms with Gasteiger partial charge in [-0.05, 0) is 40.0 Å². The van der Waals surface area contributed by atoms with Crippen molar-refractivity contribution >= 4 is 5.91 Å². The third kappa shape index (κ3) is 6.36. The van der Waals surface area contributed by atoms with Gasteiger partial charge in [-0.25, -0.2) is 0 Å². The first-order valence-corrected chi connectivity index (χ1v) is 7.14. The first-order valence-electron chi connectivity index (χ1n) is 7.14. The van der Waals surface area contributed by atoms with Crippen LogP contribution in [-0.2, 0) is 9.53 Å². The van der Waals surface area contributed by atoms with Gasteiger partial charge in [0, 0.05) is 32.3 Å². The van der Waals surface area contributed by atoms with Crippen LogP contribution in [0, 0.1) is 0 Å². The number of carbonyl (C=O) groups excluding carboxylic acids is 1. The van der Waals surface area contributed by atoms with Crippen LogP contribution in [0.5, 0.6) is 0 Å². The minimum absolute atomic E-state index is 0.0842. The molecule has 1 amide bonds. The average molecular weight is 271 g/mol. The Morgan fingerprint density at radius 3 is 2.53 bits per heavy atom. The molecule has 0 radical (unpaired) electrons. The summed E-state index contributed by atoms with van der Waals surface area (Å²) in [6, 6.07) is 0.967. The lowest BCUT2D eigenvalue weighted by molar-refractivity contribution is -0.119. The van der Waals surface area contributed by atoms with E-state index in [2.05, 4.69) is 31.0 Å². The molecule has 1 rings (SSSR count). The van der Waals surface area contributed by atoms with Crippen LogP contribution in [0.4, 0.5) is 0 Å². The Balaban J connectivity index is 2.27. The molecule has 3 N–H and O–H groups in total. The molecule has 5 nitrogen and oxygen atoms in total. The van der Waals surface area contributed by atoms with Crippen molar-refractivity contribution in [2.24, 2.45) is 5.73 Å². The number of hydrogen-bond donors (Lipinski definition) is 2. The standard InChI is InChI=1S/C14H29N3O2/c1-11(9-14(2,3)19-4)16-12-5-7-17(8-6-12)10-13(15)18/h11-12,16H,5-10H2,1-4H3,(H2,15,18). The summed E-state index contributed by atoms with van der Waals surface area (Å²) in [4.78, 5) is 13.0. The van der Waals surface area contributed by atoms with Gasteiger partial charge in [-0.3, -0.25) is 9.69 Å². The molecule has 0 aromatic rings. The Labute approximate surface area is 116 Å². The summed E-state index contributed by atoms with van der Waals surface area (Å²) in [5, 5.41) is 3.66. The molecule has 5 heteroatoms. The van der Waals surface area contributed by atoms with Gasteiger partial charge in [-0.15, -0.1) is 0 Å². The average Bonchev–Trinajstić information content (AvgIpc) is 2.30. The first-order chi connectivity index (χ1) is 8.82. The quantitative estimate of drug-likeness (QED) is 0.716. The third-order valence-electron chi connectivity index (χ3n) is 3.84. The Morgan fingerprint density at radius 2 is 2.05 bits per heavy atom. The fourth-order valence-electron chi connectivity index (χ4n) is 2.76. The minimum Gasteiger partial charge on any atom is -0.379 e. The van der Waals surface area contributed by atoms with Crippen molar-refractivity contribution in [3.05, 3.63) is 0 Å². The summed E-state index contributed by atoms with van der Waals surface area (Å²) in [5.74, 6) is -0.235. The third-order valence-corrected chi connectivity index (χ3v) is 3.84. The van der Waals surface area contributed by atoms with E-state index in [9.17, 15) is 4.79 Å². The van der Waals surface area contributed by atoms with Crippen LogP contribution < -0.4 is 11.1 Å². The number of likely N-dealkylation sites (tertiary alicyclic amines) is 1. The van der Waals surface area contributed by atoms with E-state index in [4.69, 9.17) is 10.5 Å². The van der Waals surface area contributed by atoms with E-state index >= 15 is 0 Å². The van der Waals surface area contributed by atoms with Gasteiger partial charge in [-0.1, -0.05) is 0 Å². The van der Waals surface area contributed by atoms with E-state index in [-0.39, 0.29) is 11.5 Å². The summed E-state index contributed by atoms with van der Waals surface area (Å²) in [5.41, 5.74) is 5.13. The first kappa shape index (κ1) is 16.4. The predicted molar refractivity (Wildman–Crippen MR) is 77.0 cm³/mol. The van der Waals surface area contributed by atoms with Gasteiger partial charge in [0.05, 0.1) is 12.1 Å². The number of hydrogen-bond acceptors (Lipinski definition) is 4. The van der Waals surface area contributed by atoms with Gasteiger partial charge < -0.3 is 15.8 Å². The maximum atomic E-state index is 10.9. The minimum atomic E-state index is -0.235. The molecule has 0 spiro atoms. The lowest BCUT2D eigenvalue weighted by atomic mass is 9.97. The highest BCUT2D eigenvalue weighted by Gasteiger charge is 2.24. The molecule has 0 aromatic carbocycles. The molecule has 1 aliphatic rings. The van der Waals surface area contributed by atoms with Crippen LogP contribution in [-0.4, -0.2) is 55.2 Å². The monoisotopic (exact) mass is 271 g/mol. The molecule has 1 heterocycles. The van der Waals surface area contributed by atoms with Gasteiger partial charge in [0.1, 0.15) is 0 Å². The Kier molecular flexibility index (Phi) is 6.23. The van der Waals surface area contributed by atoms with Gasteiger partial charge in [0.25, 0.3) is 0 Å². The SMILES string of the molecule is COC(C)(C)CC(C)NC1CCN(CC(N)=O)CC1. The van der Waals surface area contributed by atoms with Gasteiger partial charge in [0.2, 0.25) is 5.91 Å². The van der Waals surface area contributed by atoms with E-state index in [1.165, 1.54) is 0 Å². The molecule has 112 valence electrons. The van der Waals surface area contributed by atoms with Crippen LogP contribution in [0.25, 0.3) is 0 Å². The number of rotatable bonds is 7. The van der Waals surface area contributed by atoms with Crippen molar-refractivity contribution < 1.29 is 9.53 Å². The molecule has 0 bridgehead atoms. The Morgan fingerprint density at radius 1 is 1.47 bits per heavy atom. The van der Waals surface area contributed by atoms with Gasteiger partial charge in [0.15, 0.2) is 0 Å². The number of amides is 1. The number of nitrogens with two attached hydrogens (primary N) is 1. The molecule has 1 atom stereocenters. The maximum Gasteiger partial charge on any atom is 0.231 e. The van der Waals surface area contributed by atoms with Crippen LogP contribution in [0.15, 0.2) is 0 Å². The van der Waals surface area contributed by atoms with Crippen molar-refractivity contribution in [1.29, 1.82) is 0 Å². The normalized spacial score (nSPS) is 20.4. The van der Waals surface area contributed by atoms with Gasteiger partial charge >= 0.3 is 0 Å². The molecule has 1 aliphatic heterocycles. The summed E-state index contributed by atoms with van der Waals surface area (Å²) < 4.78 is 5.46. The zero-order chi connectivity index (χ0) is 14.5. The predicted octanol–water partition coefficient (Wildman–Crippen LogP) is 0.729. The Bertz CT molecular complexity index is 286. The summed E-state index contributed by atoms with van der Waals surface area (Å²) in [6.07, 6.45) is 3.14. The zero-order valence-electron chi connectivity index (χ0n) is 12.7. The lowest BCUT2D eigenvalue weighted by Gasteiger charge is -2.35. The highest BCUT2D eigenvalue weighted by molar-refractivity contribution is 5.75. The molecular weight excluding hydrogens is 242 g/mol. The molecule has 1 saturated heterocycles. The van der Waals surface area contributed by atoms with E-state index in [1.807, 2.05) is 0 Å². The molecule has 19 heavy (non-hydrogen) atoms. The molecule has 0 saturated carbocycles. The highest BCUT2D eigenvalue weighted by Crippen LogP contribution is 2.17. The smallest absolute Gasteiger partial charge is 0.231 e. The molecule has 0 aliphatic carbocycles. The highest BCUT2D eigenvalue weighted by atomic mass is 16.5. The molecular formula is C14H29N3O2. The largest absolute Gasteiger partial charge is 0.379 e. The molecule has 0 aromatic heterocycles. The van der Waals surface area contributed by atoms with Crippen molar-refractivity contribution in [2.45, 2.75) is 57.7 Å². The number of carbonyl (C=O) groups is 1. The van der Waals surface area contributed by atoms with E-state index < -0.39 is 0 Å². The van der Waals surface area contributed by atoms with Crippen LogP contribution in [0.2, 0.25) is 0 Å². The van der Waals surface area contributed by atoms with E-state index in [1.54, 1.807) is 7.11 Å². The second kappa shape index (κ2) is 7.22. The van der Waals surface area contributed by atoms with Crippen LogP contribution >= 0.6 is 0 Å².